The molecule has 0 aromatic heterocycles. The van der Waals surface area contributed by atoms with Crippen molar-refractivity contribution in [2.45, 2.75) is 33.2 Å². The summed E-state index contributed by atoms with van der Waals surface area (Å²) in [6.45, 7) is 9.13. The zero-order chi connectivity index (χ0) is 12.6. The van der Waals surface area contributed by atoms with Gasteiger partial charge in [-0.25, -0.2) is 0 Å². The highest BCUT2D eigenvalue weighted by Crippen LogP contribution is 2.33. The molecule has 0 aromatic carbocycles. The van der Waals surface area contributed by atoms with Crippen molar-refractivity contribution in [3.63, 3.8) is 0 Å². The number of hydrogen-bond acceptors (Lipinski definition) is 3. The van der Waals surface area contributed by atoms with Gasteiger partial charge in [-0.2, -0.15) is 0 Å². The Bertz CT molecular complexity index is 306. The molecule has 2 aliphatic heterocycles. The lowest BCUT2D eigenvalue weighted by molar-refractivity contribution is -0.140. The first kappa shape index (κ1) is 12.8. The smallest absolute Gasteiger partial charge is 0.232 e. The first-order valence-electron chi connectivity index (χ1n) is 6.58. The van der Waals surface area contributed by atoms with Crippen LogP contribution in [0.1, 0.15) is 27.2 Å². The van der Waals surface area contributed by atoms with E-state index in [1.807, 2.05) is 11.8 Å². The van der Waals surface area contributed by atoms with Gasteiger partial charge in [0.2, 0.25) is 5.91 Å². The maximum atomic E-state index is 12.5. The first-order chi connectivity index (χ1) is 7.95. The molecule has 3 atom stereocenters. The Labute approximate surface area is 103 Å². The highest BCUT2D eigenvalue weighted by molar-refractivity contribution is 5.84. The van der Waals surface area contributed by atoms with Crippen molar-refractivity contribution in [1.29, 1.82) is 0 Å². The number of nitrogens with zero attached hydrogens (tertiary/aromatic N) is 1. The summed E-state index contributed by atoms with van der Waals surface area (Å²) < 4.78 is 5.35. The van der Waals surface area contributed by atoms with Gasteiger partial charge in [-0.05, 0) is 25.2 Å². The summed E-state index contributed by atoms with van der Waals surface area (Å²) in [6.07, 6.45) is 1.12. The van der Waals surface area contributed by atoms with Crippen LogP contribution >= 0.6 is 0 Å². The van der Waals surface area contributed by atoms with Gasteiger partial charge in [-0.3, -0.25) is 4.79 Å². The molecule has 2 N–H and O–H groups in total. The SMILES string of the molecule is CC(C)C1CCN(C(=O)C2(C)COCC2N)C1. The van der Waals surface area contributed by atoms with Gasteiger partial charge in [0.15, 0.2) is 0 Å². The van der Waals surface area contributed by atoms with Crippen molar-refractivity contribution in [3.8, 4) is 0 Å². The van der Waals surface area contributed by atoms with Crippen molar-refractivity contribution in [1.82, 2.24) is 4.90 Å². The molecule has 2 fully saturated rings. The lowest BCUT2D eigenvalue weighted by Crippen LogP contribution is -2.51. The van der Waals surface area contributed by atoms with Gasteiger partial charge in [0.05, 0.1) is 18.6 Å². The van der Waals surface area contributed by atoms with Crippen molar-refractivity contribution < 1.29 is 9.53 Å². The molecule has 2 rings (SSSR count). The molecule has 0 bridgehead atoms. The van der Waals surface area contributed by atoms with Crippen LogP contribution in [0, 0.1) is 17.3 Å². The Morgan fingerprint density at radius 2 is 2.24 bits per heavy atom. The summed E-state index contributed by atoms with van der Waals surface area (Å²) in [5.74, 6) is 1.47. The molecular formula is C13H24N2O2. The number of rotatable bonds is 2. The molecule has 17 heavy (non-hydrogen) atoms. The van der Waals surface area contributed by atoms with Crippen LogP contribution in [0.2, 0.25) is 0 Å². The van der Waals surface area contributed by atoms with Gasteiger partial charge < -0.3 is 15.4 Å². The van der Waals surface area contributed by atoms with Gasteiger partial charge >= 0.3 is 0 Å². The Balaban J connectivity index is 2.02. The number of likely N-dealkylation sites (tertiary alicyclic amines) is 1. The lowest BCUT2D eigenvalue weighted by Gasteiger charge is -2.31. The second kappa shape index (κ2) is 4.58. The summed E-state index contributed by atoms with van der Waals surface area (Å²) in [6, 6.07) is -0.159. The van der Waals surface area contributed by atoms with Crippen LogP contribution in [-0.4, -0.2) is 43.2 Å². The minimum Gasteiger partial charge on any atom is -0.379 e. The van der Waals surface area contributed by atoms with Gasteiger partial charge in [0, 0.05) is 19.1 Å². The maximum Gasteiger partial charge on any atom is 0.232 e. The van der Waals surface area contributed by atoms with Crippen LogP contribution in [0.5, 0.6) is 0 Å². The van der Waals surface area contributed by atoms with E-state index in [4.69, 9.17) is 10.5 Å². The quantitative estimate of drug-likeness (QED) is 0.778. The minimum absolute atomic E-state index is 0.159. The van der Waals surface area contributed by atoms with Crippen LogP contribution in [0.4, 0.5) is 0 Å². The standard InChI is InChI=1S/C13H24N2O2/c1-9(2)10-4-5-15(6-10)12(16)13(3)8-17-7-11(13)14/h9-11H,4-8,14H2,1-3H3. The molecule has 0 radical (unpaired) electrons. The highest BCUT2D eigenvalue weighted by atomic mass is 16.5. The van der Waals surface area contributed by atoms with Crippen molar-refractivity contribution >= 4 is 5.91 Å². The second-order valence-electron chi connectivity index (χ2n) is 6.08. The molecular weight excluding hydrogens is 216 g/mol. The van der Waals surface area contributed by atoms with Gasteiger partial charge in [0.1, 0.15) is 0 Å². The Morgan fingerprint density at radius 3 is 2.71 bits per heavy atom. The molecule has 2 aliphatic rings. The minimum atomic E-state index is -0.508. The monoisotopic (exact) mass is 240 g/mol. The molecule has 4 heteroatoms. The van der Waals surface area contributed by atoms with Crippen LogP contribution in [0.3, 0.4) is 0 Å². The average Bonchev–Trinajstić information content (AvgIpc) is 2.87. The largest absolute Gasteiger partial charge is 0.379 e. The van der Waals surface area contributed by atoms with E-state index < -0.39 is 5.41 Å². The summed E-state index contributed by atoms with van der Waals surface area (Å²) in [4.78, 5) is 14.5. The molecule has 1 amide bonds. The van der Waals surface area contributed by atoms with E-state index in [2.05, 4.69) is 13.8 Å². The zero-order valence-corrected chi connectivity index (χ0v) is 11.1. The Morgan fingerprint density at radius 1 is 1.53 bits per heavy atom. The van der Waals surface area contributed by atoms with E-state index in [0.29, 0.717) is 25.0 Å². The molecule has 4 nitrogen and oxygen atoms in total. The third-order valence-electron chi connectivity index (χ3n) is 4.46. The molecule has 0 saturated carbocycles. The van der Waals surface area contributed by atoms with Gasteiger partial charge in [-0.1, -0.05) is 13.8 Å². The fourth-order valence-corrected chi connectivity index (χ4v) is 2.79. The van der Waals surface area contributed by atoms with Gasteiger partial charge in [-0.15, -0.1) is 0 Å². The predicted octanol–water partition coefficient (Wildman–Crippen LogP) is 0.855. The fraction of sp³-hybridized carbons (Fsp3) is 0.923. The fourth-order valence-electron chi connectivity index (χ4n) is 2.79. The first-order valence-corrected chi connectivity index (χ1v) is 6.58. The number of nitrogens with two attached hydrogens (primary N) is 1. The van der Waals surface area contributed by atoms with E-state index in [0.717, 1.165) is 19.5 Å². The molecule has 0 aliphatic carbocycles. The lowest BCUT2D eigenvalue weighted by atomic mass is 9.84. The molecule has 3 unspecified atom stereocenters. The summed E-state index contributed by atoms with van der Waals surface area (Å²) >= 11 is 0. The molecule has 98 valence electrons. The normalized spacial score (nSPS) is 38.1. The number of amides is 1. The molecule has 0 aromatic rings. The maximum absolute atomic E-state index is 12.5. The van der Waals surface area contributed by atoms with E-state index in [1.165, 1.54) is 0 Å². The van der Waals surface area contributed by atoms with Crippen LogP contribution < -0.4 is 5.73 Å². The Kier molecular flexibility index (Phi) is 3.46. The number of carbonyl (C=O) groups excluding carboxylic acids is 1. The van der Waals surface area contributed by atoms with Crippen molar-refractivity contribution in [2.75, 3.05) is 26.3 Å². The van der Waals surface area contributed by atoms with Crippen LogP contribution in [0.15, 0.2) is 0 Å². The molecule has 0 spiro atoms. The van der Waals surface area contributed by atoms with Crippen molar-refractivity contribution in [3.05, 3.63) is 0 Å². The molecule has 2 saturated heterocycles. The highest BCUT2D eigenvalue weighted by Gasteiger charge is 2.47. The van der Waals surface area contributed by atoms with Crippen molar-refractivity contribution in [2.24, 2.45) is 23.0 Å². The van der Waals surface area contributed by atoms with Gasteiger partial charge in [0.25, 0.3) is 0 Å². The van der Waals surface area contributed by atoms with E-state index in [9.17, 15) is 4.79 Å². The number of carbonyl (C=O) groups is 1. The summed E-state index contributed by atoms with van der Waals surface area (Å²) in [7, 11) is 0. The van der Waals surface area contributed by atoms with Crippen LogP contribution in [0.25, 0.3) is 0 Å². The van der Waals surface area contributed by atoms with Crippen LogP contribution in [-0.2, 0) is 9.53 Å². The third-order valence-corrected chi connectivity index (χ3v) is 4.46. The summed E-state index contributed by atoms with van der Waals surface area (Å²) in [5, 5.41) is 0. The zero-order valence-electron chi connectivity index (χ0n) is 11.1. The topological polar surface area (TPSA) is 55.6 Å². The predicted molar refractivity (Wildman–Crippen MR) is 66.4 cm³/mol. The Hall–Kier alpha value is -0.610. The van der Waals surface area contributed by atoms with E-state index in [-0.39, 0.29) is 11.9 Å². The van der Waals surface area contributed by atoms with E-state index in [1.54, 1.807) is 0 Å². The average molecular weight is 240 g/mol. The molecule has 2 heterocycles. The number of ether oxygens (including phenoxy) is 1. The number of hydrogen-bond donors (Lipinski definition) is 1. The second-order valence-corrected chi connectivity index (χ2v) is 6.08. The summed E-state index contributed by atoms with van der Waals surface area (Å²) in [5.41, 5.74) is 5.50. The third kappa shape index (κ3) is 2.20. The van der Waals surface area contributed by atoms with E-state index >= 15 is 0 Å².